The van der Waals surface area contributed by atoms with Crippen LogP contribution in [0.4, 0.5) is 0 Å². The standard InChI is InChI=1S/C17H25BrN4O/c1-2-22-9-3-4-14(22)11-19-17(23)16-10-15(20-21-16)12-5-7-13(18)8-6-12/h5-8,14-16,20-21H,2-4,9-11H2,1H3,(H,19,23). The third-order valence-corrected chi connectivity index (χ3v) is 5.44. The lowest BCUT2D eigenvalue weighted by atomic mass is 10.0. The molecule has 1 aromatic rings. The number of hydrazine groups is 1. The summed E-state index contributed by atoms with van der Waals surface area (Å²) in [6.07, 6.45) is 3.20. The largest absolute Gasteiger partial charge is 0.353 e. The van der Waals surface area contributed by atoms with Crippen LogP contribution < -0.4 is 16.2 Å². The van der Waals surface area contributed by atoms with Gasteiger partial charge in [-0.1, -0.05) is 35.0 Å². The molecule has 1 amide bonds. The number of halogens is 1. The van der Waals surface area contributed by atoms with Crippen LogP contribution in [0.15, 0.2) is 28.7 Å². The Morgan fingerprint density at radius 2 is 2.13 bits per heavy atom. The zero-order chi connectivity index (χ0) is 16.2. The molecule has 3 unspecified atom stereocenters. The Morgan fingerprint density at radius 1 is 1.35 bits per heavy atom. The van der Waals surface area contributed by atoms with Crippen molar-refractivity contribution in [3.05, 3.63) is 34.3 Å². The molecule has 6 heteroatoms. The predicted octanol–water partition coefficient (Wildman–Crippen LogP) is 1.96. The number of amides is 1. The zero-order valence-corrected chi connectivity index (χ0v) is 15.1. The van der Waals surface area contributed by atoms with Crippen molar-refractivity contribution in [2.24, 2.45) is 0 Å². The van der Waals surface area contributed by atoms with Crippen LogP contribution in [0.3, 0.4) is 0 Å². The number of nitrogens with zero attached hydrogens (tertiary/aromatic N) is 1. The summed E-state index contributed by atoms with van der Waals surface area (Å²) in [6, 6.07) is 8.74. The number of likely N-dealkylation sites (N-methyl/N-ethyl adjacent to an activating group) is 1. The quantitative estimate of drug-likeness (QED) is 0.730. The number of carbonyl (C=O) groups excluding carboxylic acids is 1. The molecule has 5 nitrogen and oxygen atoms in total. The third-order valence-electron chi connectivity index (χ3n) is 4.91. The van der Waals surface area contributed by atoms with Crippen molar-refractivity contribution in [3.63, 3.8) is 0 Å². The molecule has 1 aromatic carbocycles. The lowest BCUT2D eigenvalue weighted by Crippen LogP contribution is -2.47. The second kappa shape index (κ2) is 7.75. The summed E-state index contributed by atoms with van der Waals surface area (Å²) in [6.45, 7) is 5.17. The van der Waals surface area contributed by atoms with Crippen molar-refractivity contribution in [2.45, 2.75) is 44.3 Å². The van der Waals surface area contributed by atoms with Crippen LogP contribution >= 0.6 is 15.9 Å². The van der Waals surface area contributed by atoms with E-state index in [0.29, 0.717) is 6.04 Å². The van der Waals surface area contributed by atoms with Crippen molar-refractivity contribution >= 4 is 21.8 Å². The fourth-order valence-corrected chi connectivity index (χ4v) is 3.79. The molecule has 2 aliphatic rings. The molecule has 2 heterocycles. The molecular formula is C17H25BrN4O. The molecule has 0 spiro atoms. The molecule has 126 valence electrons. The first-order valence-corrected chi connectivity index (χ1v) is 9.25. The predicted molar refractivity (Wildman–Crippen MR) is 94.8 cm³/mol. The first-order valence-electron chi connectivity index (χ1n) is 8.45. The van der Waals surface area contributed by atoms with E-state index in [1.165, 1.54) is 18.4 Å². The Labute approximate surface area is 146 Å². The highest BCUT2D eigenvalue weighted by Crippen LogP contribution is 2.24. The zero-order valence-electron chi connectivity index (χ0n) is 13.5. The minimum Gasteiger partial charge on any atom is -0.353 e. The Kier molecular flexibility index (Phi) is 5.69. The van der Waals surface area contributed by atoms with Gasteiger partial charge >= 0.3 is 0 Å². The van der Waals surface area contributed by atoms with Gasteiger partial charge in [-0.2, -0.15) is 0 Å². The number of likely N-dealkylation sites (tertiary alicyclic amines) is 1. The molecule has 2 fully saturated rings. The number of rotatable bonds is 5. The van der Waals surface area contributed by atoms with E-state index in [0.717, 1.165) is 30.5 Å². The minimum atomic E-state index is -0.167. The average molecular weight is 381 g/mol. The summed E-state index contributed by atoms with van der Waals surface area (Å²) >= 11 is 3.45. The number of hydrogen-bond acceptors (Lipinski definition) is 4. The Bertz CT molecular complexity index is 536. The molecule has 2 saturated heterocycles. The molecule has 0 radical (unpaired) electrons. The molecule has 0 aliphatic carbocycles. The van der Waals surface area contributed by atoms with Gasteiger partial charge in [-0.15, -0.1) is 0 Å². The van der Waals surface area contributed by atoms with E-state index >= 15 is 0 Å². The van der Waals surface area contributed by atoms with Crippen molar-refractivity contribution in [1.29, 1.82) is 0 Å². The summed E-state index contributed by atoms with van der Waals surface area (Å²) in [5.74, 6) is 0.0973. The van der Waals surface area contributed by atoms with E-state index in [9.17, 15) is 4.79 Å². The number of carbonyl (C=O) groups is 1. The summed E-state index contributed by atoms with van der Waals surface area (Å²) < 4.78 is 1.07. The van der Waals surface area contributed by atoms with E-state index in [1.54, 1.807) is 0 Å². The highest BCUT2D eigenvalue weighted by Gasteiger charge is 2.31. The van der Waals surface area contributed by atoms with E-state index in [1.807, 2.05) is 12.1 Å². The van der Waals surface area contributed by atoms with Crippen molar-refractivity contribution in [3.8, 4) is 0 Å². The topological polar surface area (TPSA) is 56.4 Å². The van der Waals surface area contributed by atoms with Crippen molar-refractivity contribution in [1.82, 2.24) is 21.1 Å². The molecule has 0 aromatic heterocycles. The molecule has 0 saturated carbocycles. The highest BCUT2D eigenvalue weighted by atomic mass is 79.9. The van der Waals surface area contributed by atoms with Crippen LogP contribution in [0.5, 0.6) is 0 Å². The highest BCUT2D eigenvalue weighted by molar-refractivity contribution is 9.10. The van der Waals surface area contributed by atoms with E-state index in [4.69, 9.17) is 0 Å². The maximum atomic E-state index is 12.4. The lowest BCUT2D eigenvalue weighted by molar-refractivity contribution is -0.123. The van der Waals surface area contributed by atoms with Gasteiger partial charge in [-0.3, -0.25) is 9.69 Å². The second-order valence-electron chi connectivity index (χ2n) is 6.35. The number of hydrogen-bond donors (Lipinski definition) is 3. The maximum Gasteiger partial charge on any atom is 0.238 e. The van der Waals surface area contributed by atoms with Crippen LogP contribution in [0.1, 0.15) is 37.8 Å². The lowest BCUT2D eigenvalue weighted by Gasteiger charge is -2.23. The van der Waals surface area contributed by atoms with Crippen LogP contribution in [0, 0.1) is 0 Å². The van der Waals surface area contributed by atoms with Crippen LogP contribution in [-0.2, 0) is 4.79 Å². The average Bonchev–Trinajstić information content (AvgIpc) is 3.22. The van der Waals surface area contributed by atoms with Crippen molar-refractivity contribution in [2.75, 3.05) is 19.6 Å². The van der Waals surface area contributed by atoms with Gasteiger partial charge in [0.05, 0.1) is 0 Å². The summed E-state index contributed by atoms with van der Waals surface area (Å²) in [5, 5.41) is 3.12. The number of nitrogens with one attached hydrogen (secondary N) is 3. The molecule has 23 heavy (non-hydrogen) atoms. The van der Waals surface area contributed by atoms with Gasteiger partial charge in [-0.25, -0.2) is 10.9 Å². The van der Waals surface area contributed by atoms with Gasteiger partial charge in [0, 0.05) is 23.1 Å². The molecular weight excluding hydrogens is 356 g/mol. The van der Waals surface area contributed by atoms with Crippen LogP contribution in [-0.4, -0.2) is 42.5 Å². The van der Waals surface area contributed by atoms with Gasteiger partial charge in [-0.05, 0) is 50.0 Å². The molecule has 0 bridgehead atoms. The van der Waals surface area contributed by atoms with E-state index in [2.05, 4.69) is 56.1 Å². The number of benzene rings is 1. The first-order chi connectivity index (χ1) is 11.2. The third kappa shape index (κ3) is 4.12. The van der Waals surface area contributed by atoms with Gasteiger partial charge < -0.3 is 5.32 Å². The Hall–Kier alpha value is -0.950. The minimum absolute atomic E-state index is 0.0973. The fraction of sp³-hybridized carbons (Fsp3) is 0.588. The summed E-state index contributed by atoms with van der Waals surface area (Å²) in [4.78, 5) is 14.8. The normalized spacial score (nSPS) is 28.2. The van der Waals surface area contributed by atoms with Gasteiger partial charge in [0.25, 0.3) is 0 Å². The maximum absolute atomic E-state index is 12.4. The first kappa shape index (κ1) is 16.9. The van der Waals surface area contributed by atoms with Gasteiger partial charge in [0.2, 0.25) is 5.91 Å². The fourth-order valence-electron chi connectivity index (χ4n) is 3.53. The monoisotopic (exact) mass is 380 g/mol. The van der Waals surface area contributed by atoms with E-state index in [-0.39, 0.29) is 18.0 Å². The molecule has 2 aliphatic heterocycles. The SMILES string of the molecule is CCN1CCCC1CNC(=O)C1CC(c2ccc(Br)cc2)NN1. The smallest absolute Gasteiger partial charge is 0.238 e. The summed E-state index contributed by atoms with van der Waals surface area (Å²) in [5.41, 5.74) is 7.57. The molecule has 3 atom stereocenters. The van der Waals surface area contributed by atoms with Crippen LogP contribution in [0.2, 0.25) is 0 Å². The van der Waals surface area contributed by atoms with Gasteiger partial charge in [0.15, 0.2) is 0 Å². The second-order valence-corrected chi connectivity index (χ2v) is 7.27. The Morgan fingerprint density at radius 3 is 2.87 bits per heavy atom. The van der Waals surface area contributed by atoms with E-state index < -0.39 is 0 Å². The van der Waals surface area contributed by atoms with Crippen molar-refractivity contribution < 1.29 is 4.79 Å². The van der Waals surface area contributed by atoms with Gasteiger partial charge in [0.1, 0.15) is 6.04 Å². The Balaban J connectivity index is 1.48. The molecule has 3 N–H and O–H groups in total. The molecule has 3 rings (SSSR count). The van der Waals surface area contributed by atoms with Crippen LogP contribution in [0.25, 0.3) is 0 Å². The summed E-state index contributed by atoms with van der Waals surface area (Å²) in [7, 11) is 0.